The van der Waals surface area contributed by atoms with Crippen molar-refractivity contribution in [2.45, 2.75) is 12.8 Å². The summed E-state index contributed by atoms with van der Waals surface area (Å²) in [5, 5.41) is 1.76. The van der Waals surface area contributed by atoms with Gasteiger partial charge >= 0.3 is 0 Å². The highest BCUT2D eigenvalue weighted by Crippen LogP contribution is 2.36. The number of rotatable bonds is 2. The van der Waals surface area contributed by atoms with Gasteiger partial charge in [0.25, 0.3) is 5.69 Å². The number of benzene rings is 2. The number of hydrogen-bond acceptors (Lipinski definition) is 2. The molecule has 2 aromatic carbocycles. The van der Waals surface area contributed by atoms with Crippen molar-refractivity contribution in [3.05, 3.63) is 58.2 Å². The number of nitroso groups, excluding NO2 is 1. The number of carbonyl (C=O) groups excluding carboxylic acids is 1. The molecule has 1 aliphatic rings. The van der Waals surface area contributed by atoms with Crippen LogP contribution >= 0.6 is 0 Å². The molecule has 2 aromatic rings. The average Bonchev–Trinajstić information content (AvgIpc) is 2.80. The maximum atomic E-state index is 14.0. The van der Waals surface area contributed by atoms with Gasteiger partial charge in [-0.2, -0.15) is 0 Å². The monoisotopic (exact) mass is 256 g/mol. The normalized spacial score (nSPS) is 13.4. The minimum absolute atomic E-state index is 0.0739. The van der Waals surface area contributed by atoms with Crippen LogP contribution in [-0.4, -0.2) is 5.78 Å². The first-order valence-corrected chi connectivity index (χ1v) is 6.04. The van der Waals surface area contributed by atoms with Gasteiger partial charge < -0.3 is 0 Å². The van der Waals surface area contributed by atoms with Crippen molar-refractivity contribution in [3.8, 4) is 11.1 Å². The molecule has 0 spiro atoms. The van der Waals surface area contributed by atoms with E-state index in [1.54, 1.807) is 23.4 Å². The van der Waals surface area contributed by atoms with E-state index in [0.717, 1.165) is 5.56 Å². The molecule has 0 unspecified atom stereocenters. The molecule has 0 saturated carbocycles. The SMILES string of the molecule is O=[NH+]c1cccc(F)c1-c1cccc2c1CCC2=O. The summed E-state index contributed by atoms with van der Waals surface area (Å²) in [5.74, 6) is -0.390. The molecule has 3 nitrogen and oxygen atoms in total. The predicted molar refractivity (Wildman–Crippen MR) is 68.5 cm³/mol. The van der Waals surface area contributed by atoms with Crippen molar-refractivity contribution < 1.29 is 14.4 Å². The number of ketones is 1. The van der Waals surface area contributed by atoms with Crippen molar-refractivity contribution in [3.63, 3.8) is 0 Å². The minimum Gasteiger partial charge on any atom is -0.294 e. The lowest BCUT2D eigenvalue weighted by atomic mass is 9.95. The Labute approximate surface area is 109 Å². The van der Waals surface area contributed by atoms with Gasteiger partial charge in [-0.05, 0) is 23.6 Å². The Morgan fingerprint density at radius 3 is 2.53 bits per heavy atom. The van der Waals surface area contributed by atoms with E-state index in [1.807, 2.05) is 0 Å². The Bertz CT molecular complexity index is 695. The van der Waals surface area contributed by atoms with Gasteiger partial charge in [-0.1, -0.05) is 24.3 Å². The highest BCUT2D eigenvalue weighted by atomic mass is 19.1. The fourth-order valence-electron chi connectivity index (χ4n) is 2.61. The summed E-state index contributed by atoms with van der Waals surface area (Å²) in [7, 11) is 0. The molecule has 0 heterocycles. The topological polar surface area (TPSA) is 48.1 Å². The molecular weight excluding hydrogens is 245 g/mol. The Kier molecular flexibility index (Phi) is 2.71. The van der Waals surface area contributed by atoms with Gasteiger partial charge in [0.2, 0.25) is 0 Å². The minimum atomic E-state index is -0.464. The summed E-state index contributed by atoms with van der Waals surface area (Å²) in [6.45, 7) is 0. The van der Waals surface area contributed by atoms with Crippen LogP contribution in [0.3, 0.4) is 0 Å². The average molecular weight is 256 g/mol. The lowest BCUT2D eigenvalue weighted by molar-refractivity contribution is -0.378. The van der Waals surface area contributed by atoms with Gasteiger partial charge in [-0.15, -0.1) is 0 Å². The van der Waals surface area contributed by atoms with Crippen molar-refractivity contribution in [2.24, 2.45) is 0 Å². The lowest BCUT2D eigenvalue weighted by Crippen LogP contribution is -2.56. The summed E-state index contributed by atoms with van der Waals surface area (Å²) in [4.78, 5) is 22.7. The highest BCUT2D eigenvalue weighted by Gasteiger charge is 2.26. The van der Waals surface area contributed by atoms with E-state index in [-0.39, 0.29) is 17.0 Å². The number of nitrogens with one attached hydrogen (secondary N) is 1. The van der Waals surface area contributed by atoms with Crippen LogP contribution in [0.2, 0.25) is 0 Å². The Morgan fingerprint density at radius 2 is 1.74 bits per heavy atom. The van der Waals surface area contributed by atoms with Crippen LogP contribution in [0.1, 0.15) is 22.3 Å². The third kappa shape index (κ3) is 1.76. The molecule has 1 aliphatic carbocycles. The van der Waals surface area contributed by atoms with Crippen LogP contribution in [0, 0.1) is 10.7 Å². The summed E-state index contributed by atoms with van der Waals surface area (Å²) >= 11 is 0. The second-order valence-corrected chi connectivity index (χ2v) is 4.52. The van der Waals surface area contributed by atoms with Gasteiger partial charge in [0.15, 0.2) is 5.78 Å². The molecule has 0 fully saturated rings. The second-order valence-electron chi connectivity index (χ2n) is 4.52. The summed E-state index contributed by atoms with van der Waals surface area (Å²) < 4.78 is 14.0. The van der Waals surface area contributed by atoms with Gasteiger partial charge in [0, 0.05) is 28.1 Å². The number of fused-ring (bicyclic) bond motifs is 1. The highest BCUT2D eigenvalue weighted by molar-refractivity contribution is 6.02. The molecule has 19 heavy (non-hydrogen) atoms. The van der Waals surface area contributed by atoms with Crippen LogP contribution in [0.5, 0.6) is 0 Å². The van der Waals surface area contributed by atoms with Crippen LogP contribution in [0.15, 0.2) is 36.4 Å². The molecule has 0 amide bonds. The van der Waals surface area contributed by atoms with E-state index in [0.29, 0.717) is 24.0 Å². The predicted octanol–water partition coefficient (Wildman–Crippen LogP) is 2.10. The van der Waals surface area contributed by atoms with Crippen molar-refractivity contribution in [2.75, 3.05) is 0 Å². The first-order chi connectivity index (χ1) is 9.22. The van der Waals surface area contributed by atoms with Gasteiger partial charge in [0.05, 0.1) is 5.56 Å². The standard InChI is InChI=1S/C15H10FNO2/c16-12-5-2-6-13(17-19)15(12)11-4-1-3-10-9(11)7-8-14(10)18/h1-6H,7-8H2/p+1. The van der Waals surface area contributed by atoms with E-state index < -0.39 is 5.82 Å². The Balaban J connectivity index is 2.30. The molecule has 1 N–H and O–H groups in total. The zero-order chi connectivity index (χ0) is 13.4. The number of Topliss-reactive ketones (excluding diaryl/α,β-unsaturated/α-hetero) is 1. The quantitative estimate of drug-likeness (QED) is 0.894. The molecule has 0 atom stereocenters. The number of hydrogen-bond donors (Lipinski definition) is 1. The third-order valence-electron chi connectivity index (χ3n) is 3.47. The largest absolute Gasteiger partial charge is 0.294 e. The number of carbonyl (C=O) groups is 1. The smallest absolute Gasteiger partial charge is 0.264 e. The van der Waals surface area contributed by atoms with E-state index >= 15 is 0 Å². The first kappa shape index (κ1) is 11.7. The summed E-state index contributed by atoms with van der Waals surface area (Å²) in [6.07, 6.45) is 1.04. The molecule has 0 radical (unpaired) electrons. The molecule has 0 saturated heterocycles. The van der Waals surface area contributed by atoms with Gasteiger partial charge in [0.1, 0.15) is 5.82 Å². The van der Waals surface area contributed by atoms with Crippen LogP contribution in [-0.2, 0) is 6.42 Å². The molecule has 3 rings (SSSR count). The molecular formula is C15H11FNO2+. The lowest BCUT2D eigenvalue weighted by Gasteiger charge is -2.08. The zero-order valence-electron chi connectivity index (χ0n) is 10.1. The van der Waals surface area contributed by atoms with Crippen LogP contribution in [0.25, 0.3) is 11.1 Å². The van der Waals surface area contributed by atoms with E-state index in [4.69, 9.17) is 0 Å². The fraction of sp³-hybridized carbons (Fsp3) is 0.133. The van der Waals surface area contributed by atoms with Crippen molar-refractivity contribution in [1.29, 1.82) is 0 Å². The van der Waals surface area contributed by atoms with Crippen LogP contribution < -0.4 is 5.18 Å². The third-order valence-corrected chi connectivity index (χ3v) is 3.47. The first-order valence-electron chi connectivity index (χ1n) is 6.04. The second kappa shape index (κ2) is 4.39. The maximum absolute atomic E-state index is 14.0. The Hall–Kier alpha value is -2.36. The Morgan fingerprint density at radius 1 is 1.00 bits per heavy atom. The van der Waals surface area contributed by atoms with Crippen molar-refractivity contribution in [1.82, 2.24) is 0 Å². The van der Waals surface area contributed by atoms with E-state index in [2.05, 4.69) is 0 Å². The molecule has 0 aliphatic heterocycles. The number of halogens is 1. The molecule has 4 heteroatoms. The fourth-order valence-corrected chi connectivity index (χ4v) is 2.61. The van der Waals surface area contributed by atoms with Gasteiger partial charge in [-0.3, -0.25) is 4.79 Å². The van der Waals surface area contributed by atoms with Crippen molar-refractivity contribution >= 4 is 11.5 Å². The molecule has 0 bridgehead atoms. The molecule has 94 valence electrons. The summed E-state index contributed by atoms with van der Waals surface area (Å²) in [6, 6.07) is 9.54. The van der Waals surface area contributed by atoms with E-state index in [1.165, 1.54) is 18.2 Å². The van der Waals surface area contributed by atoms with E-state index in [9.17, 15) is 14.1 Å². The van der Waals surface area contributed by atoms with Gasteiger partial charge in [-0.25, -0.2) is 4.39 Å². The maximum Gasteiger partial charge on any atom is 0.264 e. The van der Waals surface area contributed by atoms with Crippen LogP contribution in [0.4, 0.5) is 10.1 Å². The zero-order valence-corrected chi connectivity index (χ0v) is 10.1. The summed E-state index contributed by atoms with van der Waals surface area (Å²) in [5.41, 5.74) is 2.52. The molecule has 0 aromatic heterocycles.